The van der Waals surface area contributed by atoms with Crippen LogP contribution in [0, 0.1) is 10.1 Å². The van der Waals surface area contributed by atoms with E-state index in [0.29, 0.717) is 30.1 Å². The molecule has 2 aliphatic rings. The molecule has 0 radical (unpaired) electrons. The molecule has 10 nitrogen and oxygen atoms in total. The monoisotopic (exact) mass is 391 g/mol. The SMILES string of the molecule is CC1SC(=O)NN=C1c1ccc(N2CCC(N=C(N)N)CC2)c([N+](=O)[O-])c1. The Morgan fingerprint density at radius 1 is 1.41 bits per heavy atom. The first-order valence-corrected chi connectivity index (χ1v) is 9.40. The summed E-state index contributed by atoms with van der Waals surface area (Å²) >= 11 is 1.10. The van der Waals surface area contributed by atoms with Crippen LogP contribution in [0.4, 0.5) is 16.2 Å². The van der Waals surface area contributed by atoms with E-state index in [-0.39, 0.29) is 33.1 Å². The number of nitrogens with two attached hydrogens (primary N) is 2. The van der Waals surface area contributed by atoms with Crippen molar-refractivity contribution >= 4 is 40.0 Å². The molecule has 0 bridgehead atoms. The minimum absolute atomic E-state index is 0.0181. The maximum atomic E-state index is 11.7. The van der Waals surface area contributed by atoms with Gasteiger partial charge in [0.1, 0.15) is 5.69 Å². The lowest BCUT2D eigenvalue weighted by Gasteiger charge is -2.32. The molecular weight excluding hydrogens is 370 g/mol. The van der Waals surface area contributed by atoms with E-state index in [2.05, 4.69) is 15.5 Å². The van der Waals surface area contributed by atoms with E-state index in [9.17, 15) is 14.9 Å². The molecule has 1 aromatic rings. The Morgan fingerprint density at radius 3 is 2.70 bits per heavy atom. The van der Waals surface area contributed by atoms with E-state index >= 15 is 0 Å². The lowest BCUT2D eigenvalue weighted by atomic mass is 10.0. The summed E-state index contributed by atoms with van der Waals surface area (Å²) in [7, 11) is 0. The number of rotatable bonds is 4. The van der Waals surface area contributed by atoms with E-state index in [1.165, 1.54) is 6.07 Å². The zero-order valence-electron chi connectivity index (χ0n) is 14.8. The van der Waals surface area contributed by atoms with Crippen LogP contribution in [-0.4, -0.2) is 46.2 Å². The van der Waals surface area contributed by atoms with Crippen LogP contribution in [0.15, 0.2) is 28.3 Å². The first-order chi connectivity index (χ1) is 12.8. The molecule has 3 rings (SSSR count). The average Bonchev–Trinajstić information content (AvgIpc) is 2.61. The molecule has 27 heavy (non-hydrogen) atoms. The Balaban J connectivity index is 1.84. The van der Waals surface area contributed by atoms with Gasteiger partial charge in [0.15, 0.2) is 5.96 Å². The van der Waals surface area contributed by atoms with Gasteiger partial charge in [0, 0.05) is 24.7 Å². The van der Waals surface area contributed by atoms with Crippen molar-refractivity contribution in [1.82, 2.24) is 5.43 Å². The van der Waals surface area contributed by atoms with Gasteiger partial charge in [0.2, 0.25) is 0 Å². The van der Waals surface area contributed by atoms with E-state index in [4.69, 9.17) is 11.5 Å². The number of aliphatic imine (C=N–C) groups is 1. The molecule has 11 heteroatoms. The van der Waals surface area contributed by atoms with Gasteiger partial charge in [-0.05, 0) is 25.8 Å². The quantitative estimate of drug-likeness (QED) is 0.303. The molecule has 1 atom stereocenters. The molecule has 0 saturated carbocycles. The molecule has 5 N–H and O–H groups in total. The van der Waals surface area contributed by atoms with Crippen molar-refractivity contribution in [3.8, 4) is 0 Å². The summed E-state index contributed by atoms with van der Waals surface area (Å²) in [6, 6.07) is 5.11. The maximum absolute atomic E-state index is 11.7. The number of nitro benzene ring substituents is 1. The Hall–Kier alpha value is -2.82. The zero-order chi connectivity index (χ0) is 19.6. The fraction of sp³-hybridized carbons (Fsp3) is 0.438. The number of nitrogens with zero attached hydrogens (tertiary/aromatic N) is 4. The topological polar surface area (TPSA) is 152 Å². The first kappa shape index (κ1) is 19.0. The van der Waals surface area contributed by atoms with Crippen LogP contribution in [0.5, 0.6) is 0 Å². The van der Waals surface area contributed by atoms with Gasteiger partial charge in [0.25, 0.3) is 10.9 Å². The van der Waals surface area contributed by atoms with Crippen LogP contribution in [0.3, 0.4) is 0 Å². The molecule has 144 valence electrons. The lowest BCUT2D eigenvalue weighted by Crippen LogP contribution is -2.37. The Labute approximate surface area is 160 Å². The number of nitrogens with one attached hydrogen (secondary N) is 1. The van der Waals surface area contributed by atoms with Gasteiger partial charge in [-0.2, -0.15) is 5.10 Å². The second-order valence-electron chi connectivity index (χ2n) is 6.39. The Bertz CT molecular complexity index is 814. The van der Waals surface area contributed by atoms with Gasteiger partial charge >= 0.3 is 0 Å². The van der Waals surface area contributed by atoms with Crippen LogP contribution in [0.25, 0.3) is 0 Å². The normalized spacial score (nSPS) is 20.6. The van der Waals surface area contributed by atoms with Crippen LogP contribution in [0.2, 0.25) is 0 Å². The number of carbonyl (C=O) groups excluding carboxylic acids is 1. The molecule has 1 unspecified atom stereocenters. The lowest BCUT2D eigenvalue weighted by molar-refractivity contribution is -0.384. The summed E-state index contributed by atoms with van der Waals surface area (Å²) in [5, 5.41) is 15.3. The van der Waals surface area contributed by atoms with E-state index < -0.39 is 0 Å². The summed E-state index contributed by atoms with van der Waals surface area (Å²) in [4.78, 5) is 28.8. The number of carbonyl (C=O) groups is 1. The van der Waals surface area contributed by atoms with Crippen molar-refractivity contribution in [2.45, 2.75) is 31.1 Å². The predicted octanol–water partition coefficient (Wildman–Crippen LogP) is 1.39. The number of hydrazone groups is 1. The predicted molar refractivity (Wildman–Crippen MR) is 106 cm³/mol. The summed E-state index contributed by atoms with van der Waals surface area (Å²) in [5.74, 6) is 0.0659. The van der Waals surface area contributed by atoms with Crippen LogP contribution >= 0.6 is 11.8 Å². The second-order valence-corrected chi connectivity index (χ2v) is 7.70. The molecule has 0 aromatic heterocycles. The van der Waals surface area contributed by atoms with Crippen molar-refractivity contribution in [3.05, 3.63) is 33.9 Å². The van der Waals surface area contributed by atoms with Crippen LogP contribution in [-0.2, 0) is 0 Å². The summed E-state index contributed by atoms with van der Waals surface area (Å²) in [6.07, 6.45) is 1.45. The number of nitro groups is 1. The van der Waals surface area contributed by atoms with Gasteiger partial charge in [-0.25, -0.2) is 5.43 Å². The highest BCUT2D eigenvalue weighted by Gasteiger charge is 2.28. The van der Waals surface area contributed by atoms with Crippen molar-refractivity contribution < 1.29 is 9.72 Å². The highest BCUT2D eigenvalue weighted by molar-refractivity contribution is 8.14. The molecule has 0 aliphatic carbocycles. The first-order valence-electron chi connectivity index (χ1n) is 8.52. The molecule has 1 aromatic carbocycles. The molecule has 2 heterocycles. The average molecular weight is 391 g/mol. The Kier molecular flexibility index (Phi) is 5.49. The van der Waals surface area contributed by atoms with E-state index in [0.717, 1.165) is 24.6 Å². The largest absolute Gasteiger partial charge is 0.370 e. The van der Waals surface area contributed by atoms with E-state index in [1.807, 2.05) is 11.8 Å². The number of piperidine rings is 1. The fourth-order valence-electron chi connectivity index (χ4n) is 3.28. The van der Waals surface area contributed by atoms with Crippen LogP contribution < -0.4 is 21.8 Å². The number of guanidine groups is 1. The molecule has 0 spiro atoms. The Morgan fingerprint density at radius 2 is 2.11 bits per heavy atom. The minimum Gasteiger partial charge on any atom is -0.370 e. The third-order valence-corrected chi connectivity index (χ3v) is 5.42. The van der Waals surface area contributed by atoms with E-state index in [1.54, 1.807) is 12.1 Å². The van der Waals surface area contributed by atoms with Crippen molar-refractivity contribution in [2.24, 2.45) is 21.6 Å². The van der Waals surface area contributed by atoms with Gasteiger partial charge in [-0.3, -0.25) is 19.9 Å². The third kappa shape index (κ3) is 4.30. The van der Waals surface area contributed by atoms with Crippen molar-refractivity contribution in [2.75, 3.05) is 18.0 Å². The highest BCUT2D eigenvalue weighted by atomic mass is 32.2. The molecule has 2 aliphatic heterocycles. The molecule has 1 amide bonds. The number of benzene rings is 1. The molecule has 1 fully saturated rings. The van der Waals surface area contributed by atoms with Gasteiger partial charge in [0.05, 0.1) is 21.9 Å². The number of hydrogen-bond donors (Lipinski definition) is 3. The number of thioether (sulfide) groups is 1. The van der Waals surface area contributed by atoms with Crippen LogP contribution in [0.1, 0.15) is 25.3 Å². The van der Waals surface area contributed by atoms with Gasteiger partial charge in [-0.1, -0.05) is 17.8 Å². The summed E-state index contributed by atoms with van der Waals surface area (Å²) in [6.45, 7) is 3.10. The van der Waals surface area contributed by atoms with Crippen molar-refractivity contribution in [1.29, 1.82) is 0 Å². The number of amides is 1. The smallest absolute Gasteiger partial charge is 0.299 e. The third-order valence-electron chi connectivity index (χ3n) is 4.54. The van der Waals surface area contributed by atoms with Crippen molar-refractivity contribution in [3.63, 3.8) is 0 Å². The van der Waals surface area contributed by atoms with Gasteiger partial charge < -0.3 is 16.4 Å². The summed E-state index contributed by atoms with van der Waals surface area (Å²) in [5.41, 5.74) is 15.1. The number of hydrogen-bond acceptors (Lipinski definition) is 7. The van der Waals surface area contributed by atoms with Gasteiger partial charge in [-0.15, -0.1) is 0 Å². The standard InChI is InChI=1S/C16H21N7O3S/c1-9-14(20-21-16(24)27-9)10-2-3-12(13(8-10)23(25)26)22-6-4-11(5-7-22)19-15(17)18/h2-3,8-9,11H,4-7H2,1H3,(H,21,24)(H4,17,18,19). The minimum atomic E-state index is -0.388. The molecular formula is C16H21N7O3S. The molecule has 1 saturated heterocycles. The number of anilines is 1. The highest BCUT2D eigenvalue weighted by Crippen LogP contribution is 2.33. The second kappa shape index (κ2) is 7.82. The zero-order valence-corrected chi connectivity index (χ0v) is 15.6. The fourth-order valence-corrected chi connectivity index (χ4v) is 4.00. The maximum Gasteiger partial charge on any atom is 0.299 e. The summed E-state index contributed by atoms with van der Waals surface area (Å²) < 4.78 is 0.